The van der Waals surface area contributed by atoms with Crippen molar-refractivity contribution in [2.45, 2.75) is 6.92 Å². The van der Waals surface area contributed by atoms with Crippen molar-refractivity contribution in [3.8, 4) is 6.07 Å². The number of benzene rings is 3. The molecule has 3 rings (SSSR count). The van der Waals surface area contributed by atoms with E-state index in [2.05, 4.69) is 10.6 Å². The maximum absolute atomic E-state index is 12.7. The third kappa shape index (κ3) is 5.78. The number of anilines is 2. The van der Waals surface area contributed by atoms with Crippen LogP contribution in [0.5, 0.6) is 0 Å². The molecule has 0 spiro atoms. The zero-order chi connectivity index (χ0) is 22.2. The van der Waals surface area contributed by atoms with Crippen molar-refractivity contribution in [3.63, 3.8) is 0 Å². The van der Waals surface area contributed by atoms with Gasteiger partial charge in [0.1, 0.15) is 0 Å². The monoisotopic (exact) mass is 413 g/mol. The smallest absolute Gasteiger partial charge is 0.338 e. The van der Waals surface area contributed by atoms with Crippen LogP contribution in [-0.2, 0) is 9.53 Å². The first kappa shape index (κ1) is 21.3. The average Bonchev–Trinajstić information content (AvgIpc) is 2.78. The second-order valence-electron chi connectivity index (χ2n) is 6.69. The molecular formula is C24H19N3O4. The molecule has 0 saturated heterocycles. The molecule has 0 radical (unpaired) electrons. The lowest BCUT2D eigenvalue weighted by Crippen LogP contribution is -2.23. The number of nitrogens with zero attached hydrogens (tertiary/aromatic N) is 1. The molecule has 0 fully saturated rings. The van der Waals surface area contributed by atoms with Gasteiger partial charge in [-0.15, -0.1) is 0 Å². The highest BCUT2D eigenvalue weighted by Gasteiger charge is 2.15. The molecule has 0 unspecified atom stereocenters. The van der Waals surface area contributed by atoms with E-state index < -0.39 is 18.5 Å². The summed E-state index contributed by atoms with van der Waals surface area (Å²) in [5.41, 5.74) is 2.68. The zero-order valence-corrected chi connectivity index (χ0v) is 16.7. The predicted octanol–water partition coefficient (Wildman–Crippen LogP) is 3.91. The lowest BCUT2D eigenvalue weighted by molar-refractivity contribution is -0.119. The standard InChI is InChI=1S/C24H19N3O4/c1-16-6-4-9-19(12-16)26-23(29)20-10-2-3-11-21(20)27-22(28)15-31-24(30)18-8-5-7-17(13-18)14-25/h2-13H,15H2,1H3,(H,26,29)(H,27,28). The summed E-state index contributed by atoms with van der Waals surface area (Å²) in [7, 11) is 0. The fourth-order valence-corrected chi connectivity index (χ4v) is 2.83. The summed E-state index contributed by atoms with van der Waals surface area (Å²) in [4.78, 5) is 37.0. The normalized spacial score (nSPS) is 9.94. The van der Waals surface area contributed by atoms with Crippen LogP contribution in [0.2, 0.25) is 0 Å². The van der Waals surface area contributed by atoms with Crippen LogP contribution in [0.15, 0.2) is 72.8 Å². The second-order valence-corrected chi connectivity index (χ2v) is 6.69. The van der Waals surface area contributed by atoms with Crippen LogP contribution in [0.1, 0.15) is 31.8 Å². The molecule has 154 valence electrons. The van der Waals surface area contributed by atoms with Crippen LogP contribution in [0.25, 0.3) is 0 Å². The number of esters is 1. The minimum atomic E-state index is -0.724. The number of nitriles is 1. The maximum Gasteiger partial charge on any atom is 0.338 e. The van der Waals surface area contributed by atoms with E-state index >= 15 is 0 Å². The molecule has 0 aliphatic rings. The van der Waals surface area contributed by atoms with Crippen molar-refractivity contribution in [2.75, 3.05) is 17.2 Å². The van der Waals surface area contributed by atoms with E-state index in [0.717, 1.165) is 5.56 Å². The lowest BCUT2D eigenvalue weighted by Gasteiger charge is -2.12. The van der Waals surface area contributed by atoms with Gasteiger partial charge in [-0.2, -0.15) is 5.26 Å². The van der Waals surface area contributed by atoms with E-state index in [1.807, 2.05) is 31.2 Å². The molecule has 0 aliphatic carbocycles. The number of hydrogen-bond donors (Lipinski definition) is 2. The summed E-state index contributed by atoms with van der Waals surface area (Å²) >= 11 is 0. The fourth-order valence-electron chi connectivity index (χ4n) is 2.83. The highest BCUT2D eigenvalue weighted by molar-refractivity contribution is 6.10. The molecule has 2 N–H and O–H groups in total. The van der Waals surface area contributed by atoms with Gasteiger partial charge in [-0.3, -0.25) is 9.59 Å². The number of carbonyl (C=O) groups is 3. The number of para-hydroxylation sites is 1. The van der Waals surface area contributed by atoms with Crippen molar-refractivity contribution in [1.82, 2.24) is 0 Å². The van der Waals surface area contributed by atoms with E-state index in [0.29, 0.717) is 16.9 Å². The molecule has 0 atom stereocenters. The molecule has 3 aromatic carbocycles. The third-order valence-corrected chi connectivity index (χ3v) is 4.28. The number of nitrogens with one attached hydrogen (secondary N) is 2. The van der Waals surface area contributed by atoms with Gasteiger partial charge in [0.15, 0.2) is 6.61 Å². The summed E-state index contributed by atoms with van der Waals surface area (Å²) in [5.74, 6) is -1.70. The van der Waals surface area contributed by atoms with Gasteiger partial charge < -0.3 is 15.4 Å². The van der Waals surface area contributed by atoms with Gasteiger partial charge in [-0.1, -0.05) is 30.3 Å². The Labute approximate surface area is 179 Å². The van der Waals surface area contributed by atoms with Gasteiger partial charge in [-0.25, -0.2) is 4.79 Å². The minimum absolute atomic E-state index is 0.171. The van der Waals surface area contributed by atoms with Crippen LogP contribution in [0.3, 0.4) is 0 Å². The van der Waals surface area contributed by atoms with Gasteiger partial charge in [0.25, 0.3) is 11.8 Å². The summed E-state index contributed by atoms with van der Waals surface area (Å²) in [6, 6.07) is 21.8. The van der Waals surface area contributed by atoms with Crippen LogP contribution in [-0.4, -0.2) is 24.4 Å². The number of rotatable bonds is 6. The van der Waals surface area contributed by atoms with Crippen molar-refractivity contribution < 1.29 is 19.1 Å². The molecule has 7 heteroatoms. The minimum Gasteiger partial charge on any atom is -0.452 e. The Morgan fingerprint density at radius 3 is 2.48 bits per heavy atom. The Balaban J connectivity index is 1.63. The Hall–Kier alpha value is -4.44. The highest BCUT2D eigenvalue weighted by atomic mass is 16.5. The van der Waals surface area contributed by atoms with Crippen LogP contribution < -0.4 is 10.6 Å². The first-order valence-corrected chi connectivity index (χ1v) is 9.40. The first-order chi connectivity index (χ1) is 15.0. The number of aryl methyl sites for hydroxylation is 1. The van der Waals surface area contributed by atoms with E-state index in [4.69, 9.17) is 10.00 Å². The van der Waals surface area contributed by atoms with Crippen LogP contribution >= 0.6 is 0 Å². The average molecular weight is 413 g/mol. The molecule has 0 saturated carbocycles. The Kier molecular flexibility index (Phi) is 6.76. The Morgan fingerprint density at radius 1 is 0.935 bits per heavy atom. The SMILES string of the molecule is Cc1cccc(NC(=O)c2ccccc2NC(=O)COC(=O)c2cccc(C#N)c2)c1. The van der Waals surface area contributed by atoms with E-state index in [1.54, 1.807) is 42.5 Å². The predicted molar refractivity (Wildman–Crippen MR) is 116 cm³/mol. The van der Waals surface area contributed by atoms with Crippen molar-refractivity contribution in [3.05, 3.63) is 95.1 Å². The highest BCUT2D eigenvalue weighted by Crippen LogP contribution is 2.18. The zero-order valence-electron chi connectivity index (χ0n) is 16.7. The maximum atomic E-state index is 12.7. The quantitative estimate of drug-likeness (QED) is 0.596. The molecule has 0 aliphatic heterocycles. The molecule has 7 nitrogen and oxygen atoms in total. The second kappa shape index (κ2) is 9.85. The number of carbonyl (C=O) groups excluding carboxylic acids is 3. The van der Waals surface area contributed by atoms with Gasteiger partial charge >= 0.3 is 5.97 Å². The topological polar surface area (TPSA) is 108 Å². The molecule has 31 heavy (non-hydrogen) atoms. The van der Waals surface area contributed by atoms with Crippen molar-refractivity contribution in [1.29, 1.82) is 5.26 Å². The molecule has 0 aromatic heterocycles. The van der Waals surface area contributed by atoms with Gasteiger partial charge in [0.05, 0.1) is 28.4 Å². The number of hydrogen-bond acceptors (Lipinski definition) is 5. The van der Waals surface area contributed by atoms with Crippen molar-refractivity contribution in [2.24, 2.45) is 0 Å². The molecule has 0 bridgehead atoms. The van der Waals surface area contributed by atoms with Crippen LogP contribution in [0, 0.1) is 18.3 Å². The van der Waals surface area contributed by atoms with E-state index in [1.165, 1.54) is 12.1 Å². The van der Waals surface area contributed by atoms with Gasteiger partial charge in [-0.05, 0) is 55.0 Å². The molecule has 0 heterocycles. The van der Waals surface area contributed by atoms with Gasteiger partial charge in [0.2, 0.25) is 0 Å². The largest absolute Gasteiger partial charge is 0.452 e. The Morgan fingerprint density at radius 2 is 1.71 bits per heavy atom. The van der Waals surface area contributed by atoms with Gasteiger partial charge in [0, 0.05) is 5.69 Å². The summed E-state index contributed by atoms with van der Waals surface area (Å²) < 4.78 is 5.01. The van der Waals surface area contributed by atoms with E-state index in [-0.39, 0.29) is 17.0 Å². The summed E-state index contributed by atoms with van der Waals surface area (Å²) in [6.07, 6.45) is 0. The third-order valence-electron chi connectivity index (χ3n) is 4.28. The molecular weight excluding hydrogens is 394 g/mol. The lowest BCUT2D eigenvalue weighted by atomic mass is 10.1. The molecule has 2 amide bonds. The first-order valence-electron chi connectivity index (χ1n) is 9.40. The van der Waals surface area contributed by atoms with Crippen molar-refractivity contribution >= 4 is 29.2 Å². The number of amides is 2. The Bertz CT molecular complexity index is 1180. The number of ether oxygens (including phenoxy) is 1. The van der Waals surface area contributed by atoms with Crippen LogP contribution in [0.4, 0.5) is 11.4 Å². The summed E-state index contributed by atoms with van der Waals surface area (Å²) in [6.45, 7) is 1.38. The van der Waals surface area contributed by atoms with E-state index in [9.17, 15) is 14.4 Å². The molecule has 3 aromatic rings. The summed E-state index contributed by atoms with van der Waals surface area (Å²) in [5, 5.41) is 14.3. The fraction of sp³-hybridized carbons (Fsp3) is 0.0833.